The third-order valence-corrected chi connectivity index (χ3v) is 0.598. The van der Waals surface area contributed by atoms with E-state index in [0.29, 0.717) is 0 Å². The highest BCUT2D eigenvalue weighted by molar-refractivity contribution is 4.65. The van der Waals surface area contributed by atoms with Gasteiger partial charge in [-0.1, -0.05) is 19.4 Å². The molecule has 0 unspecified atom stereocenters. The van der Waals surface area contributed by atoms with Crippen LogP contribution in [0.5, 0.6) is 0 Å². The number of hydrogen-bond donors (Lipinski definition) is 0. The zero-order valence-electron chi connectivity index (χ0n) is 4.49. The smallest absolute Gasteiger partial charge is 0.0282 e. The van der Waals surface area contributed by atoms with Crippen LogP contribution in [0.15, 0.2) is 6.08 Å². The zero-order valence-corrected chi connectivity index (χ0v) is 4.49. The molecule has 1 radical (unpaired) electrons. The van der Waals surface area contributed by atoms with Crippen LogP contribution in [0.1, 0.15) is 26.7 Å². The molecule has 0 amide bonds. The monoisotopic (exact) mass is 83.1 g/mol. The van der Waals surface area contributed by atoms with Crippen molar-refractivity contribution in [2.45, 2.75) is 26.7 Å². The van der Waals surface area contributed by atoms with Gasteiger partial charge in [0.15, 0.2) is 0 Å². The molecule has 0 N–H and O–H groups in total. The van der Waals surface area contributed by atoms with Crippen molar-refractivity contribution in [2.75, 3.05) is 0 Å². The van der Waals surface area contributed by atoms with Crippen molar-refractivity contribution in [3.05, 3.63) is 12.2 Å². The predicted octanol–water partition coefficient (Wildman–Crippen LogP) is 2.17. The first kappa shape index (κ1) is 5.74. The van der Waals surface area contributed by atoms with E-state index < -0.39 is 0 Å². The van der Waals surface area contributed by atoms with Crippen LogP contribution in [-0.4, -0.2) is 0 Å². The molecule has 0 nitrogen and oxygen atoms in total. The van der Waals surface area contributed by atoms with E-state index in [-0.39, 0.29) is 0 Å². The molecule has 0 aliphatic rings. The van der Waals surface area contributed by atoms with Crippen LogP contribution in [0.2, 0.25) is 0 Å². The Balaban J connectivity index is 2.66. The quantitative estimate of drug-likeness (QED) is 0.480. The van der Waals surface area contributed by atoms with Crippen molar-refractivity contribution >= 4 is 0 Å². The summed E-state index contributed by atoms with van der Waals surface area (Å²) in [7, 11) is 0. The van der Waals surface area contributed by atoms with E-state index in [2.05, 4.69) is 13.0 Å². The summed E-state index contributed by atoms with van der Waals surface area (Å²) in [5.41, 5.74) is 0. The minimum atomic E-state index is 1.11. The van der Waals surface area contributed by atoms with Gasteiger partial charge in [-0.3, -0.25) is 0 Å². The molecule has 0 heterocycles. The predicted molar refractivity (Wildman–Crippen MR) is 28.4 cm³/mol. The van der Waals surface area contributed by atoms with E-state index in [9.17, 15) is 0 Å². The van der Waals surface area contributed by atoms with E-state index in [1.807, 2.05) is 13.0 Å². The molecule has 0 saturated heterocycles. The van der Waals surface area contributed by atoms with Gasteiger partial charge in [-0.15, -0.1) is 0 Å². The van der Waals surface area contributed by atoms with Crippen LogP contribution in [0, 0.1) is 6.08 Å². The summed E-state index contributed by atoms with van der Waals surface area (Å²) in [5.74, 6) is 0. The first-order valence-corrected chi connectivity index (χ1v) is 2.43. The Kier molecular flexibility index (Phi) is 4.53. The topological polar surface area (TPSA) is 0 Å². The van der Waals surface area contributed by atoms with Gasteiger partial charge in [-0.05, 0) is 19.4 Å². The van der Waals surface area contributed by atoms with Crippen LogP contribution in [0.3, 0.4) is 0 Å². The summed E-state index contributed by atoms with van der Waals surface area (Å²) in [4.78, 5) is 0. The van der Waals surface area contributed by atoms with Crippen molar-refractivity contribution < 1.29 is 0 Å². The summed E-state index contributed by atoms with van der Waals surface area (Å²) in [5, 5.41) is 0. The summed E-state index contributed by atoms with van der Waals surface area (Å²) in [6, 6.07) is 0. The van der Waals surface area contributed by atoms with Crippen molar-refractivity contribution in [1.29, 1.82) is 0 Å². The van der Waals surface area contributed by atoms with Gasteiger partial charge in [0.1, 0.15) is 0 Å². The second kappa shape index (κ2) is 4.74. The molecule has 0 bridgehead atoms. The third kappa shape index (κ3) is 3.74. The summed E-state index contributed by atoms with van der Waals surface area (Å²) in [6.07, 6.45) is 7.36. The Morgan fingerprint density at radius 1 is 1.67 bits per heavy atom. The fourth-order valence-corrected chi connectivity index (χ4v) is 0.289. The van der Waals surface area contributed by atoms with Crippen LogP contribution in [0.4, 0.5) is 0 Å². The van der Waals surface area contributed by atoms with Gasteiger partial charge in [0.2, 0.25) is 0 Å². The lowest BCUT2D eigenvalue weighted by molar-refractivity contribution is 0.937. The van der Waals surface area contributed by atoms with Gasteiger partial charge >= 0.3 is 0 Å². The van der Waals surface area contributed by atoms with Crippen molar-refractivity contribution in [3.8, 4) is 0 Å². The Hall–Kier alpha value is -0.260. The second-order valence-electron chi connectivity index (χ2n) is 1.24. The molecule has 0 rings (SSSR count). The first-order valence-electron chi connectivity index (χ1n) is 2.43. The highest BCUT2D eigenvalue weighted by Crippen LogP contribution is 1.83. The molecule has 0 heteroatoms. The zero-order chi connectivity index (χ0) is 4.83. The number of hydrogen-bond acceptors (Lipinski definition) is 0. The minimum absolute atomic E-state index is 1.11. The Labute approximate surface area is 39.9 Å². The first-order chi connectivity index (χ1) is 2.91. The maximum absolute atomic E-state index is 3.07. The van der Waals surface area contributed by atoms with Gasteiger partial charge in [-0.25, -0.2) is 0 Å². The molecular weight excluding hydrogens is 72.1 g/mol. The average molecular weight is 83.2 g/mol. The lowest BCUT2D eigenvalue weighted by atomic mass is 10.3. The van der Waals surface area contributed by atoms with E-state index in [1.165, 1.54) is 6.42 Å². The van der Waals surface area contributed by atoms with Gasteiger partial charge in [0.25, 0.3) is 0 Å². The van der Waals surface area contributed by atoms with Crippen molar-refractivity contribution in [1.82, 2.24) is 0 Å². The number of rotatable bonds is 2. The number of unbranched alkanes of at least 4 members (excludes halogenated alkanes) is 1. The maximum Gasteiger partial charge on any atom is -0.0282 e. The van der Waals surface area contributed by atoms with Crippen LogP contribution in [0.25, 0.3) is 0 Å². The molecular formula is C6H11. The fourth-order valence-electron chi connectivity index (χ4n) is 0.289. The molecule has 0 aromatic rings. The Morgan fingerprint density at radius 3 is 2.50 bits per heavy atom. The Morgan fingerprint density at radius 2 is 2.33 bits per heavy atom. The molecule has 0 fully saturated rings. The van der Waals surface area contributed by atoms with E-state index >= 15 is 0 Å². The largest absolute Gasteiger partial charge is 0.0842 e. The van der Waals surface area contributed by atoms with Crippen LogP contribution >= 0.6 is 0 Å². The molecule has 0 aliphatic heterocycles. The minimum Gasteiger partial charge on any atom is -0.0842 e. The molecule has 6 heavy (non-hydrogen) atoms. The van der Waals surface area contributed by atoms with Gasteiger partial charge < -0.3 is 0 Å². The molecule has 0 saturated carbocycles. The molecule has 0 spiro atoms. The standard InChI is InChI=1S/C6H11/c1-3-5-6-4-2/h3H,4,6H2,1-2H3. The van der Waals surface area contributed by atoms with Crippen LogP contribution < -0.4 is 0 Å². The summed E-state index contributed by atoms with van der Waals surface area (Å²) < 4.78 is 0. The third-order valence-electron chi connectivity index (χ3n) is 0.598. The van der Waals surface area contributed by atoms with Crippen LogP contribution in [-0.2, 0) is 0 Å². The molecule has 35 valence electrons. The average Bonchev–Trinajstić information content (AvgIpc) is 1.61. The van der Waals surface area contributed by atoms with Crippen molar-refractivity contribution in [2.24, 2.45) is 0 Å². The molecule has 0 atom stereocenters. The summed E-state index contributed by atoms with van der Waals surface area (Å²) >= 11 is 0. The Bertz CT molecular complexity index is 35.3. The fraction of sp³-hybridized carbons (Fsp3) is 0.667. The van der Waals surface area contributed by atoms with E-state index in [1.54, 1.807) is 0 Å². The summed E-state index contributed by atoms with van der Waals surface area (Å²) in [6.45, 7) is 4.14. The van der Waals surface area contributed by atoms with Gasteiger partial charge in [-0.2, -0.15) is 0 Å². The lowest BCUT2D eigenvalue weighted by Crippen LogP contribution is -1.57. The van der Waals surface area contributed by atoms with E-state index in [0.717, 1.165) is 6.42 Å². The van der Waals surface area contributed by atoms with E-state index in [4.69, 9.17) is 0 Å². The molecule has 0 aliphatic carbocycles. The lowest BCUT2D eigenvalue weighted by Gasteiger charge is -1.75. The normalized spacial score (nSPS) is 10.3. The molecule has 0 aromatic carbocycles. The number of allylic oxidation sites excluding steroid dienone is 2. The highest BCUT2D eigenvalue weighted by atomic mass is 13.7. The SMILES string of the molecule is C/C=[C]\CCC. The second-order valence-corrected chi connectivity index (χ2v) is 1.24. The van der Waals surface area contributed by atoms with Gasteiger partial charge in [0.05, 0.1) is 0 Å². The molecule has 0 aromatic heterocycles. The van der Waals surface area contributed by atoms with Gasteiger partial charge in [0, 0.05) is 0 Å². The maximum atomic E-state index is 3.07. The highest BCUT2D eigenvalue weighted by Gasteiger charge is 1.65. The van der Waals surface area contributed by atoms with Crippen molar-refractivity contribution in [3.63, 3.8) is 0 Å².